The zero-order valence-electron chi connectivity index (χ0n) is 6.83. The van der Waals surface area contributed by atoms with Crippen molar-refractivity contribution in [1.82, 2.24) is 0 Å². The van der Waals surface area contributed by atoms with Gasteiger partial charge in [-0.05, 0) is 0 Å². The third-order valence-corrected chi connectivity index (χ3v) is 3.37. The van der Waals surface area contributed by atoms with Crippen LogP contribution in [-0.4, -0.2) is 34.7 Å². The summed E-state index contributed by atoms with van der Waals surface area (Å²) in [4.78, 5) is 0. The summed E-state index contributed by atoms with van der Waals surface area (Å²) in [7, 11) is -13.3. The van der Waals surface area contributed by atoms with Gasteiger partial charge in [-0.25, -0.2) is 4.39 Å². The smallest absolute Gasteiger partial charge is 0.244 e. The third-order valence-electron chi connectivity index (χ3n) is 1.08. The second kappa shape index (κ2) is 4.03. The van der Waals surface area contributed by atoms with Gasteiger partial charge in [0.1, 0.15) is 0 Å². The van der Waals surface area contributed by atoms with Gasteiger partial charge < -0.3 is 0 Å². The van der Waals surface area contributed by atoms with Crippen molar-refractivity contribution < 1.29 is 46.3 Å². The van der Waals surface area contributed by atoms with E-state index in [1.165, 1.54) is 0 Å². The topological polar surface area (TPSA) is 77.5 Å². The summed E-state index contributed by atoms with van der Waals surface area (Å²) in [6.45, 7) is -3.12. The maximum Gasteiger partial charge on any atom is 0.452 e. The number of alkyl halides is 5. The Morgan fingerprint density at radius 2 is 1.38 bits per heavy atom. The van der Waals surface area contributed by atoms with E-state index in [0.717, 1.165) is 0 Å². The van der Waals surface area contributed by atoms with Crippen LogP contribution in [0.1, 0.15) is 0 Å². The molecule has 13 heteroatoms. The average molecular weight is 296 g/mol. The lowest BCUT2D eigenvalue weighted by atomic mass is 10.4. The van der Waals surface area contributed by atoms with Crippen LogP contribution in [-0.2, 0) is 24.3 Å². The lowest BCUT2D eigenvalue weighted by Crippen LogP contribution is -2.49. The molecular formula is C3H2F6O5S2. The molecule has 98 valence electrons. The molecular weight excluding hydrogens is 294 g/mol. The monoisotopic (exact) mass is 296 g/mol. The lowest BCUT2D eigenvalue weighted by molar-refractivity contribution is -0.168. The molecule has 0 spiro atoms. The molecule has 0 saturated carbocycles. The van der Waals surface area contributed by atoms with E-state index in [-0.39, 0.29) is 0 Å². The molecule has 5 nitrogen and oxygen atoms in total. The summed E-state index contributed by atoms with van der Waals surface area (Å²) < 4.78 is 114. The standard InChI is InChI=1S/C3H2F6O5S2/c4-1-2(5,6)3(7,8)15(10,11)14-16(9,12)13/h1H2. The first kappa shape index (κ1) is 15.4. The van der Waals surface area contributed by atoms with E-state index < -0.39 is 38.5 Å². The second-order valence-corrected chi connectivity index (χ2v) is 5.02. The van der Waals surface area contributed by atoms with Gasteiger partial charge in [0.2, 0.25) is 0 Å². The zero-order valence-corrected chi connectivity index (χ0v) is 8.47. The Labute approximate surface area is 85.5 Å². The maximum atomic E-state index is 12.4. The van der Waals surface area contributed by atoms with Crippen LogP contribution in [0.4, 0.5) is 25.8 Å². The Bertz CT molecular complexity index is 451. The minimum atomic E-state index is -6.87. The molecule has 0 unspecified atom stereocenters. The summed E-state index contributed by atoms with van der Waals surface area (Å²) in [6.07, 6.45) is 0. The first-order valence-corrected chi connectivity index (χ1v) is 5.70. The van der Waals surface area contributed by atoms with Gasteiger partial charge in [-0.2, -0.15) is 34.4 Å². The molecule has 0 aliphatic heterocycles. The number of hydrogen-bond donors (Lipinski definition) is 0. The molecule has 0 aliphatic rings. The molecule has 0 saturated heterocycles. The predicted octanol–water partition coefficient (Wildman–Crippen LogP) is 0.745. The molecule has 0 bridgehead atoms. The van der Waals surface area contributed by atoms with Gasteiger partial charge >= 0.3 is 31.8 Å². The highest BCUT2D eigenvalue weighted by atomic mass is 32.3. The van der Waals surface area contributed by atoms with E-state index in [4.69, 9.17) is 0 Å². The van der Waals surface area contributed by atoms with E-state index >= 15 is 0 Å². The van der Waals surface area contributed by atoms with Crippen LogP contribution < -0.4 is 0 Å². The van der Waals surface area contributed by atoms with Crippen molar-refractivity contribution in [2.24, 2.45) is 0 Å². The Hall–Kier alpha value is -0.560. The Balaban J connectivity index is 5.50. The highest BCUT2D eigenvalue weighted by Crippen LogP contribution is 2.40. The van der Waals surface area contributed by atoms with Crippen LogP contribution >= 0.6 is 0 Å². The van der Waals surface area contributed by atoms with Gasteiger partial charge in [0, 0.05) is 0 Å². The van der Waals surface area contributed by atoms with Gasteiger partial charge in [0.15, 0.2) is 6.67 Å². The molecule has 0 amide bonds. The molecule has 0 heterocycles. The van der Waals surface area contributed by atoms with E-state index in [1.807, 2.05) is 0 Å². The number of halogens is 6. The predicted molar refractivity (Wildman–Crippen MR) is 35.9 cm³/mol. The van der Waals surface area contributed by atoms with Crippen molar-refractivity contribution in [3.8, 4) is 0 Å². The van der Waals surface area contributed by atoms with Gasteiger partial charge in [0.05, 0.1) is 0 Å². The largest absolute Gasteiger partial charge is 0.452 e. The van der Waals surface area contributed by atoms with E-state index in [2.05, 4.69) is 3.63 Å². The third kappa shape index (κ3) is 2.98. The highest BCUT2D eigenvalue weighted by Gasteiger charge is 2.68. The molecule has 0 radical (unpaired) electrons. The van der Waals surface area contributed by atoms with Gasteiger partial charge in [-0.3, -0.25) is 0 Å². The fourth-order valence-electron chi connectivity index (χ4n) is 0.410. The van der Waals surface area contributed by atoms with Gasteiger partial charge in [-0.15, -0.1) is 3.63 Å². The van der Waals surface area contributed by atoms with Gasteiger partial charge in [0.25, 0.3) is 0 Å². The summed E-state index contributed by atoms with van der Waals surface area (Å²) in [5, 5.41) is -6.23. The zero-order chi connectivity index (χ0) is 13.4. The van der Waals surface area contributed by atoms with Crippen molar-refractivity contribution in [3.05, 3.63) is 0 Å². The van der Waals surface area contributed by atoms with Crippen molar-refractivity contribution in [2.75, 3.05) is 6.67 Å². The van der Waals surface area contributed by atoms with Crippen LogP contribution in [0.3, 0.4) is 0 Å². The normalized spacial score (nSPS) is 15.1. The minimum Gasteiger partial charge on any atom is -0.244 e. The second-order valence-electron chi connectivity index (χ2n) is 2.27. The first-order valence-electron chi connectivity index (χ1n) is 2.99. The van der Waals surface area contributed by atoms with Crippen LogP contribution in [0.5, 0.6) is 0 Å². The first-order chi connectivity index (χ1) is 6.77. The van der Waals surface area contributed by atoms with Crippen molar-refractivity contribution in [2.45, 2.75) is 11.2 Å². The van der Waals surface area contributed by atoms with Crippen molar-refractivity contribution >= 4 is 20.6 Å². The molecule has 0 aromatic heterocycles. The molecule has 16 heavy (non-hydrogen) atoms. The maximum absolute atomic E-state index is 12.4. The molecule has 0 N–H and O–H groups in total. The lowest BCUT2D eigenvalue weighted by Gasteiger charge is -2.21. The summed E-state index contributed by atoms with van der Waals surface area (Å²) in [6, 6.07) is 0. The quantitative estimate of drug-likeness (QED) is 0.552. The SMILES string of the molecule is O=S(=O)(F)OS(=O)(=O)C(F)(F)C(F)(F)CF. The van der Waals surface area contributed by atoms with E-state index in [9.17, 15) is 42.7 Å². The summed E-state index contributed by atoms with van der Waals surface area (Å²) in [5.41, 5.74) is 0. The number of rotatable bonds is 5. The Kier molecular flexibility index (Phi) is 3.89. The molecule has 0 atom stereocenters. The van der Waals surface area contributed by atoms with Crippen LogP contribution in [0.15, 0.2) is 0 Å². The number of hydrogen-bond acceptors (Lipinski definition) is 5. The highest BCUT2D eigenvalue weighted by molar-refractivity contribution is 7.98. The van der Waals surface area contributed by atoms with Crippen LogP contribution in [0, 0.1) is 0 Å². The summed E-state index contributed by atoms with van der Waals surface area (Å²) >= 11 is 0. The van der Waals surface area contributed by atoms with Crippen molar-refractivity contribution in [3.63, 3.8) is 0 Å². The minimum absolute atomic E-state index is 2.16. The van der Waals surface area contributed by atoms with Crippen LogP contribution in [0.2, 0.25) is 0 Å². The van der Waals surface area contributed by atoms with E-state index in [0.29, 0.717) is 0 Å². The fourth-order valence-corrected chi connectivity index (χ4v) is 2.03. The molecule has 0 fully saturated rings. The summed E-state index contributed by atoms with van der Waals surface area (Å²) in [5.74, 6) is -5.75. The molecule has 0 aromatic carbocycles. The Morgan fingerprint density at radius 1 is 1.00 bits per heavy atom. The molecule has 0 aliphatic carbocycles. The molecule has 0 rings (SSSR count). The fraction of sp³-hybridized carbons (Fsp3) is 1.00. The molecule has 0 aromatic rings. The van der Waals surface area contributed by atoms with Crippen LogP contribution in [0.25, 0.3) is 0 Å². The Morgan fingerprint density at radius 3 is 1.62 bits per heavy atom. The van der Waals surface area contributed by atoms with Gasteiger partial charge in [-0.1, -0.05) is 3.89 Å². The van der Waals surface area contributed by atoms with Crippen molar-refractivity contribution in [1.29, 1.82) is 0 Å². The van der Waals surface area contributed by atoms with E-state index in [1.54, 1.807) is 0 Å². The average Bonchev–Trinajstić information content (AvgIpc) is 1.99.